The Morgan fingerprint density at radius 2 is 1.19 bits per heavy atom. The first kappa shape index (κ1) is 15.7. The summed E-state index contributed by atoms with van der Waals surface area (Å²) in [6.07, 6.45) is 3.34. The zero-order chi connectivity index (χ0) is 17.0. The fraction of sp³-hybridized carbons (Fsp3) is 0. The molecule has 5 heterocycles. The van der Waals surface area contributed by atoms with Crippen LogP contribution in [0.3, 0.4) is 0 Å². The first-order valence-corrected chi connectivity index (χ1v) is 7.69. The van der Waals surface area contributed by atoms with Crippen LogP contribution in [0, 0.1) is 0 Å². The number of imide groups is 1. The molecule has 0 spiro atoms. The Morgan fingerprint density at radius 1 is 0.731 bits per heavy atom. The minimum atomic E-state index is -0.432. The van der Waals surface area contributed by atoms with Crippen LogP contribution in [-0.2, 0) is 9.59 Å². The van der Waals surface area contributed by atoms with Crippen LogP contribution < -0.4 is 5.32 Å². The summed E-state index contributed by atoms with van der Waals surface area (Å²) in [6, 6.07) is 11.1. The largest absolute Gasteiger partial charge is 0.412 e. The molecule has 0 unspecified atom stereocenters. The number of aromatic amines is 2. The quantitative estimate of drug-likeness (QED) is 0.469. The third kappa shape index (κ3) is 2.20. The minimum Gasteiger partial charge on any atom is -0.412 e. The number of carbonyl (C=O) groups is 2. The van der Waals surface area contributed by atoms with E-state index < -0.39 is 11.8 Å². The van der Waals surface area contributed by atoms with E-state index in [1.54, 1.807) is 12.4 Å². The summed E-state index contributed by atoms with van der Waals surface area (Å²) in [5.74, 6) is -0.864. The molecule has 0 radical (unpaired) electrons. The Bertz CT molecular complexity index is 1060. The van der Waals surface area contributed by atoms with Crippen molar-refractivity contribution in [2.24, 2.45) is 0 Å². The van der Waals surface area contributed by atoms with Gasteiger partial charge in [0.1, 0.15) is 11.3 Å². The van der Waals surface area contributed by atoms with Crippen LogP contribution in [0.4, 0.5) is 0 Å². The second-order valence-corrected chi connectivity index (χ2v) is 5.78. The summed E-state index contributed by atoms with van der Waals surface area (Å²) in [7, 11) is 0. The molecule has 0 atom stereocenters. The number of aromatic nitrogens is 4. The molecule has 128 valence electrons. The second-order valence-electron chi connectivity index (χ2n) is 5.78. The molecular formula is C18H13N5O3. The maximum Gasteiger partial charge on any atom is 0.261 e. The van der Waals surface area contributed by atoms with E-state index in [9.17, 15) is 9.59 Å². The molecule has 5 N–H and O–H groups in total. The van der Waals surface area contributed by atoms with E-state index in [2.05, 4.69) is 25.3 Å². The van der Waals surface area contributed by atoms with Crippen LogP contribution in [0.2, 0.25) is 0 Å². The first-order chi connectivity index (χ1) is 12.2. The van der Waals surface area contributed by atoms with Crippen LogP contribution in [0.25, 0.3) is 33.2 Å². The predicted molar refractivity (Wildman–Crippen MR) is 95.8 cm³/mol. The number of nitrogens with zero attached hydrogens (tertiary/aromatic N) is 2. The van der Waals surface area contributed by atoms with Gasteiger partial charge in [0.2, 0.25) is 0 Å². The number of fused-ring (bicyclic) bond motifs is 2. The van der Waals surface area contributed by atoms with Crippen LogP contribution in [-0.4, -0.2) is 37.2 Å². The van der Waals surface area contributed by atoms with Gasteiger partial charge in [-0.1, -0.05) is 0 Å². The van der Waals surface area contributed by atoms with Crippen molar-refractivity contribution in [1.29, 1.82) is 0 Å². The van der Waals surface area contributed by atoms with Crippen LogP contribution in [0.1, 0.15) is 11.4 Å². The Hall–Kier alpha value is -3.78. The van der Waals surface area contributed by atoms with Gasteiger partial charge in [-0.05, 0) is 36.4 Å². The van der Waals surface area contributed by atoms with Crippen molar-refractivity contribution < 1.29 is 15.1 Å². The summed E-state index contributed by atoms with van der Waals surface area (Å²) >= 11 is 0. The van der Waals surface area contributed by atoms with E-state index in [-0.39, 0.29) is 5.48 Å². The zero-order valence-electron chi connectivity index (χ0n) is 13.3. The molecular weight excluding hydrogens is 334 g/mol. The number of hydrogen-bond donors (Lipinski definition) is 3. The van der Waals surface area contributed by atoms with E-state index in [0.717, 1.165) is 10.8 Å². The lowest BCUT2D eigenvalue weighted by molar-refractivity contribution is -0.122. The highest BCUT2D eigenvalue weighted by atomic mass is 16.2. The molecule has 0 bridgehead atoms. The molecule has 0 aliphatic carbocycles. The SMILES string of the molecule is O.O=C1NC(=O)C(c2cc3cccnc3[nH]2)=C1c1cc2cccnc2[nH]1. The standard InChI is InChI=1S/C18H11N5O2.H2O/c24-17-13(11-7-9-3-1-5-19-15(9)21-11)14(18(25)23-17)12-8-10-4-2-6-20-16(10)22-12;/h1-8H,(H,19,21)(H,20,22)(H,23,24,25);1H2. The van der Waals surface area contributed by atoms with Gasteiger partial charge in [-0.2, -0.15) is 0 Å². The second kappa shape index (κ2) is 5.64. The van der Waals surface area contributed by atoms with Gasteiger partial charge in [0.25, 0.3) is 11.8 Å². The van der Waals surface area contributed by atoms with Crippen LogP contribution in [0.5, 0.6) is 0 Å². The molecule has 8 heteroatoms. The maximum absolute atomic E-state index is 12.4. The molecule has 2 amide bonds. The van der Waals surface area contributed by atoms with E-state index in [4.69, 9.17) is 0 Å². The fourth-order valence-electron chi connectivity index (χ4n) is 3.15. The van der Waals surface area contributed by atoms with E-state index in [0.29, 0.717) is 33.8 Å². The molecule has 0 fully saturated rings. The minimum absolute atomic E-state index is 0. The molecule has 4 aromatic rings. The van der Waals surface area contributed by atoms with Crippen molar-refractivity contribution in [2.45, 2.75) is 0 Å². The average molecular weight is 347 g/mol. The molecule has 0 aromatic carbocycles. The summed E-state index contributed by atoms with van der Waals surface area (Å²) in [5, 5.41) is 4.11. The van der Waals surface area contributed by atoms with Crippen molar-refractivity contribution in [3.63, 3.8) is 0 Å². The normalized spacial score (nSPS) is 14.2. The van der Waals surface area contributed by atoms with Crippen molar-refractivity contribution >= 4 is 45.0 Å². The van der Waals surface area contributed by atoms with E-state index >= 15 is 0 Å². The Kier molecular flexibility index (Phi) is 3.41. The Morgan fingerprint density at radius 3 is 1.62 bits per heavy atom. The zero-order valence-corrected chi connectivity index (χ0v) is 13.3. The van der Waals surface area contributed by atoms with Gasteiger partial charge < -0.3 is 15.4 Å². The first-order valence-electron chi connectivity index (χ1n) is 7.69. The lowest BCUT2D eigenvalue weighted by atomic mass is 10.0. The van der Waals surface area contributed by atoms with Gasteiger partial charge in [-0.3, -0.25) is 14.9 Å². The molecule has 4 aromatic heterocycles. The smallest absolute Gasteiger partial charge is 0.261 e. The molecule has 8 nitrogen and oxygen atoms in total. The molecule has 5 rings (SSSR count). The lowest BCUT2D eigenvalue weighted by Gasteiger charge is -1.99. The summed E-state index contributed by atoms with van der Waals surface area (Å²) < 4.78 is 0. The van der Waals surface area contributed by atoms with Crippen molar-refractivity contribution in [1.82, 2.24) is 25.3 Å². The van der Waals surface area contributed by atoms with Crippen molar-refractivity contribution in [2.75, 3.05) is 0 Å². The number of H-pyrrole nitrogens is 2. The van der Waals surface area contributed by atoms with Crippen molar-refractivity contribution in [3.05, 3.63) is 60.2 Å². The van der Waals surface area contributed by atoms with E-state index in [1.165, 1.54) is 0 Å². The Labute approximate surface area is 146 Å². The van der Waals surface area contributed by atoms with Crippen molar-refractivity contribution in [3.8, 4) is 0 Å². The number of carbonyl (C=O) groups excluding carboxylic acids is 2. The molecule has 1 aliphatic rings. The number of pyridine rings is 2. The van der Waals surface area contributed by atoms with Gasteiger partial charge in [-0.25, -0.2) is 9.97 Å². The number of nitrogens with one attached hydrogen (secondary N) is 3. The van der Waals surface area contributed by atoms with Crippen LogP contribution in [0.15, 0.2) is 48.8 Å². The topological polar surface area (TPSA) is 135 Å². The summed E-state index contributed by atoms with van der Waals surface area (Å²) in [6.45, 7) is 0. The fourth-order valence-corrected chi connectivity index (χ4v) is 3.15. The highest BCUT2D eigenvalue weighted by molar-refractivity contribution is 6.49. The third-order valence-electron chi connectivity index (χ3n) is 4.25. The van der Waals surface area contributed by atoms with Gasteiger partial charge >= 0.3 is 0 Å². The number of hydrogen-bond acceptors (Lipinski definition) is 4. The maximum atomic E-state index is 12.4. The van der Waals surface area contributed by atoms with Gasteiger partial charge in [0, 0.05) is 23.2 Å². The monoisotopic (exact) mass is 347 g/mol. The summed E-state index contributed by atoms with van der Waals surface area (Å²) in [5.41, 5.74) is 3.03. The third-order valence-corrected chi connectivity index (χ3v) is 4.25. The molecule has 0 saturated heterocycles. The number of rotatable bonds is 2. The van der Waals surface area contributed by atoms with Gasteiger partial charge in [0.05, 0.1) is 22.5 Å². The predicted octanol–water partition coefficient (Wildman–Crippen LogP) is 1.18. The van der Waals surface area contributed by atoms with Gasteiger partial charge in [-0.15, -0.1) is 0 Å². The number of amides is 2. The lowest BCUT2D eigenvalue weighted by Crippen LogP contribution is -2.22. The highest BCUT2D eigenvalue weighted by Crippen LogP contribution is 2.32. The highest BCUT2D eigenvalue weighted by Gasteiger charge is 2.34. The molecule has 26 heavy (non-hydrogen) atoms. The summed E-state index contributed by atoms with van der Waals surface area (Å²) in [4.78, 5) is 39.5. The molecule has 0 saturated carbocycles. The molecule has 1 aliphatic heterocycles. The average Bonchev–Trinajstić information content (AvgIpc) is 3.28. The Balaban J connectivity index is 0.00000168. The van der Waals surface area contributed by atoms with E-state index in [1.807, 2.05) is 36.4 Å². The van der Waals surface area contributed by atoms with Crippen LogP contribution >= 0.6 is 0 Å². The van der Waals surface area contributed by atoms with Gasteiger partial charge in [0.15, 0.2) is 0 Å².